The molecule has 8 aromatic carbocycles. The van der Waals surface area contributed by atoms with Crippen LogP contribution in [-0.2, 0) is 44.9 Å². The summed E-state index contributed by atoms with van der Waals surface area (Å²) in [6.45, 7) is 0. The molecule has 0 saturated heterocycles. The average molecular weight is 1530 g/mol. The monoisotopic (exact) mass is 1530 g/mol. The molecule has 0 spiro atoms. The molecule has 7 aromatic heterocycles. The van der Waals surface area contributed by atoms with E-state index in [0.717, 1.165) is 65.9 Å². The van der Waals surface area contributed by atoms with Gasteiger partial charge in [-0.05, 0) is 166 Å². The summed E-state index contributed by atoms with van der Waals surface area (Å²) in [6, 6.07) is 61.2. The summed E-state index contributed by atoms with van der Waals surface area (Å²) >= 11 is 0. The fourth-order valence-corrected chi connectivity index (χ4v) is 15.6. The Kier molecular flexibility index (Phi) is 19.4. The number of hydrogen-bond acceptors (Lipinski definition) is 10. The van der Waals surface area contributed by atoms with Crippen LogP contribution in [0.4, 0.5) is 0 Å². The number of primary amides is 4. The molecule has 9 heterocycles. The fraction of sp³-hybridized carbons (Fsp3) is 0.0870. The molecular formula is C92H74N16O8. The summed E-state index contributed by atoms with van der Waals surface area (Å²) in [5.74, 6) is -5.24. The molecule has 17 rings (SSSR count). The highest BCUT2D eigenvalue weighted by molar-refractivity contribution is 6.07. The van der Waals surface area contributed by atoms with Crippen molar-refractivity contribution in [2.75, 3.05) is 0 Å². The zero-order chi connectivity index (χ0) is 79.8. The van der Waals surface area contributed by atoms with Crippen molar-refractivity contribution in [1.29, 1.82) is 0 Å². The summed E-state index contributed by atoms with van der Waals surface area (Å²) in [5.41, 5.74) is 39.4. The number of nitrogens with two attached hydrogens (primary N) is 4. The molecule has 0 saturated carbocycles. The molecule has 24 heteroatoms. The molecule has 8 bridgehead atoms. The van der Waals surface area contributed by atoms with E-state index in [0.29, 0.717) is 89.4 Å². The Morgan fingerprint density at radius 2 is 0.500 bits per heavy atom. The molecule has 2 aliphatic rings. The Labute approximate surface area is 661 Å². The Balaban J connectivity index is 0.839. The molecule has 8 amide bonds. The number of nitrogens with zero attached hydrogens (tertiary/aromatic N) is 2. The first kappa shape index (κ1) is 73.1. The van der Waals surface area contributed by atoms with Crippen molar-refractivity contribution in [2.45, 2.75) is 49.9 Å². The number of para-hydroxylation sites is 4. The van der Waals surface area contributed by atoms with Crippen LogP contribution in [0.5, 0.6) is 0 Å². The number of fused-ring (bicyclic) bond motifs is 12. The second kappa shape index (κ2) is 30.9. The molecule has 15 aromatic rings. The lowest BCUT2D eigenvalue weighted by atomic mass is 10.00. The molecule has 0 aliphatic carbocycles. The topological polar surface area (TPSA) is 409 Å². The molecule has 24 nitrogen and oxygen atoms in total. The first-order valence-electron chi connectivity index (χ1n) is 37.6. The van der Waals surface area contributed by atoms with Crippen LogP contribution in [-0.4, -0.2) is 111 Å². The van der Waals surface area contributed by atoms with Gasteiger partial charge < -0.3 is 74.1 Å². The molecule has 116 heavy (non-hydrogen) atoms. The highest BCUT2D eigenvalue weighted by atomic mass is 16.2. The van der Waals surface area contributed by atoms with Crippen LogP contribution in [0.15, 0.2) is 243 Å². The van der Waals surface area contributed by atoms with Gasteiger partial charge in [0.2, 0.25) is 23.6 Å². The van der Waals surface area contributed by atoms with E-state index in [9.17, 15) is 38.4 Å². The van der Waals surface area contributed by atoms with Gasteiger partial charge >= 0.3 is 0 Å². The molecule has 0 fully saturated rings. The fourth-order valence-electron chi connectivity index (χ4n) is 15.6. The highest BCUT2D eigenvalue weighted by Gasteiger charge is 2.29. The number of amides is 8. The van der Waals surface area contributed by atoms with E-state index in [2.05, 4.69) is 51.2 Å². The van der Waals surface area contributed by atoms with E-state index < -0.39 is 71.4 Å². The minimum atomic E-state index is -1.11. The predicted molar refractivity (Wildman–Crippen MR) is 450 cm³/mol. The molecule has 570 valence electrons. The van der Waals surface area contributed by atoms with E-state index in [1.165, 1.54) is 0 Å². The van der Waals surface area contributed by atoms with Crippen LogP contribution in [0.25, 0.3) is 134 Å². The molecule has 18 N–H and O–H groups in total. The number of carbonyl (C=O) groups is 8. The zero-order valence-electron chi connectivity index (χ0n) is 62.0. The lowest BCUT2D eigenvalue weighted by molar-refractivity contribution is -0.120. The standard InChI is InChI=1S/C92H74N16O8/c93-85(109)77(41-57-45-97-65-25-5-1-21-61(57)65)105-89(113)53-17-9-13-49(37-53)81-69-29-31-71(101-69)82(50-14-10-18-54(38-50)90(114)106-78(86(94)110)42-58-46-98-66-26-6-2-22-62(58)66)73-33-35-75(103-73)84(52-16-12-20-56(40-52)92(116)108-80(88(96)112)44-60-48-100-68-28-8-4-24-64(60)68)76-36-34-74(104-76)83(72-32-30-70(81)102-72)51-15-11-19-55(39-51)91(115)107-79(87(95)111)43-59-47-99-67-27-7-3-23-63(59)67/h1-40,45-48,77-80,97-101,104H,41-44H2,(H2,93,109)(H2,94,110)(H2,95,111)(H2,96,112)(H,105,113)(H,106,114)(H,107,115)(H,108,116)/t77-,78-,79-,80-/m0/s1. The van der Waals surface area contributed by atoms with Crippen LogP contribution < -0.4 is 44.2 Å². The van der Waals surface area contributed by atoms with E-state index in [-0.39, 0.29) is 47.9 Å². The van der Waals surface area contributed by atoms with E-state index in [4.69, 9.17) is 32.9 Å². The average Bonchev–Trinajstić information content (AvgIpc) is 1.60. The Hall–Kier alpha value is -15.7. The number of nitrogens with one attached hydrogen (secondary N) is 10. The van der Waals surface area contributed by atoms with Gasteiger partial charge in [-0.1, -0.05) is 121 Å². The zero-order valence-corrected chi connectivity index (χ0v) is 62.0. The van der Waals surface area contributed by atoms with Gasteiger partial charge in [0.1, 0.15) is 24.2 Å². The van der Waals surface area contributed by atoms with Gasteiger partial charge in [0.05, 0.1) is 22.8 Å². The van der Waals surface area contributed by atoms with Crippen molar-refractivity contribution in [1.82, 2.24) is 61.1 Å². The maximum Gasteiger partial charge on any atom is 0.251 e. The van der Waals surface area contributed by atoms with Crippen molar-refractivity contribution in [3.8, 4) is 44.5 Å². The van der Waals surface area contributed by atoms with E-state index >= 15 is 0 Å². The second-order valence-electron chi connectivity index (χ2n) is 28.8. The number of rotatable bonds is 24. The molecule has 0 radical (unpaired) electrons. The van der Waals surface area contributed by atoms with Crippen LogP contribution in [0.3, 0.4) is 0 Å². The SMILES string of the molecule is NC(=O)[C@H](Cc1c[nH]c2ccccc12)NC(=O)c1cccc(-c2c3nc(c(-c4cccc(C(=O)N[C@@H](Cc5c[nH]c6ccccc56)C(N)=O)c4)c4ccc([nH]4)c(-c4cccc(C(=O)N[C@@H](Cc5c[nH]c6ccccc56)C(N)=O)c4)c4nc(c(-c5cccc(C(=O)N[C@@H](Cc6c[nH]c7ccccc67)C(N)=O)c5)c5ccc2[nH]5)C=C4)C=C3)c1. The Morgan fingerprint density at radius 3 is 0.724 bits per heavy atom. The Morgan fingerprint density at radius 1 is 0.276 bits per heavy atom. The van der Waals surface area contributed by atoms with Crippen molar-refractivity contribution < 1.29 is 38.4 Å². The lowest BCUT2D eigenvalue weighted by Gasteiger charge is -2.16. The largest absolute Gasteiger partial charge is 0.368 e. The summed E-state index contributed by atoms with van der Waals surface area (Å²) in [4.78, 5) is 144. The number of aromatic amines is 6. The number of hydrogen-bond donors (Lipinski definition) is 14. The van der Waals surface area contributed by atoms with Gasteiger partial charge in [0.25, 0.3) is 23.6 Å². The minimum absolute atomic E-state index is 0.104. The third-order valence-electron chi connectivity index (χ3n) is 21.4. The highest BCUT2D eigenvalue weighted by Crippen LogP contribution is 2.40. The van der Waals surface area contributed by atoms with Crippen LogP contribution in [0, 0.1) is 0 Å². The third-order valence-corrected chi connectivity index (χ3v) is 21.4. The quantitative estimate of drug-likeness (QED) is 0.0271. The van der Waals surface area contributed by atoms with Crippen LogP contribution >= 0.6 is 0 Å². The van der Waals surface area contributed by atoms with Crippen molar-refractivity contribution in [3.05, 3.63) is 310 Å². The molecule has 4 atom stereocenters. The van der Waals surface area contributed by atoms with Gasteiger partial charge in [0.15, 0.2) is 0 Å². The van der Waals surface area contributed by atoms with Gasteiger partial charge in [-0.2, -0.15) is 0 Å². The van der Waals surface area contributed by atoms with E-state index in [1.54, 1.807) is 97.6 Å². The minimum Gasteiger partial charge on any atom is -0.368 e. The summed E-state index contributed by atoms with van der Waals surface area (Å²) < 4.78 is 0. The molecule has 0 unspecified atom stereocenters. The first-order chi connectivity index (χ1) is 56.4. The third kappa shape index (κ3) is 14.6. The van der Waals surface area contributed by atoms with Crippen LogP contribution in [0.1, 0.15) is 86.5 Å². The normalized spacial score (nSPS) is 12.8. The number of aromatic nitrogens is 8. The van der Waals surface area contributed by atoms with Crippen molar-refractivity contribution >= 4 is 137 Å². The van der Waals surface area contributed by atoms with Crippen LogP contribution in [0.2, 0.25) is 0 Å². The Bertz CT molecular complexity index is 6010. The number of H-pyrrole nitrogens is 6. The molecule has 2 aliphatic heterocycles. The second-order valence-corrected chi connectivity index (χ2v) is 28.8. The van der Waals surface area contributed by atoms with Crippen molar-refractivity contribution in [2.24, 2.45) is 22.9 Å². The van der Waals surface area contributed by atoms with Gasteiger partial charge in [-0.15, -0.1) is 0 Å². The van der Waals surface area contributed by atoms with Gasteiger partial charge in [-0.25, -0.2) is 9.97 Å². The maximum atomic E-state index is 14.8. The van der Waals surface area contributed by atoms with Gasteiger partial charge in [-0.3, -0.25) is 38.4 Å². The maximum absolute atomic E-state index is 14.8. The molecular weight excluding hydrogens is 1460 g/mol. The smallest absolute Gasteiger partial charge is 0.251 e. The predicted octanol–water partition coefficient (Wildman–Crippen LogP) is 12.6. The summed E-state index contributed by atoms with van der Waals surface area (Å²) in [6.07, 6.45) is 15.0. The van der Waals surface area contributed by atoms with Gasteiger partial charge in [0, 0.05) is 161 Å². The summed E-state index contributed by atoms with van der Waals surface area (Å²) in [5, 5.41) is 15.1. The summed E-state index contributed by atoms with van der Waals surface area (Å²) in [7, 11) is 0. The number of carbonyl (C=O) groups excluding carboxylic acids is 8. The van der Waals surface area contributed by atoms with Crippen molar-refractivity contribution in [3.63, 3.8) is 0 Å². The first-order valence-corrected chi connectivity index (χ1v) is 37.6. The lowest BCUT2D eigenvalue weighted by Crippen LogP contribution is -2.45. The number of benzene rings is 8. The van der Waals surface area contributed by atoms with E-state index in [1.807, 2.05) is 170 Å².